The number of ketones is 1. The summed E-state index contributed by atoms with van der Waals surface area (Å²) in [7, 11) is -3.05. The Labute approximate surface area is 133 Å². The van der Waals surface area contributed by atoms with E-state index in [-0.39, 0.29) is 35.7 Å². The predicted molar refractivity (Wildman–Crippen MR) is 82.2 cm³/mol. The Bertz CT molecular complexity index is 701. The molecular formula is C14H16ClNO5S. The third kappa shape index (κ3) is 4.45. The van der Waals surface area contributed by atoms with Crippen LogP contribution in [0, 0.1) is 0 Å². The van der Waals surface area contributed by atoms with Gasteiger partial charge in [-0.05, 0) is 31.5 Å². The number of Topliss-reactive ketones (excluding diaryl/α,β-unsaturated/α-hetero) is 1. The Hall–Kier alpha value is -1.60. The van der Waals surface area contributed by atoms with Crippen molar-refractivity contribution >= 4 is 33.1 Å². The van der Waals surface area contributed by atoms with E-state index in [1.165, 1.54) is 19.1 Å². The van der Waals surface area contributed by atoms with E-state index in [9.17, 15) is 18.0 Å². The van der Waals surface area contributed by atoms with Crippen LogP contribution in [0.3, 0.4) is 0 Å². The highest BCUT2D eigenvalue weighted by Gasteiger charge is 2.28. The molecule has 1 heterocycles. The minimum Gasteiger partial charge on any atom is -0.483 e. The smallest absolute Gasteiger partial charge is 0.258 e. The van der Waals surface area contributed by atoms with Crippen LogP contribution in [0.2, 0.25) is 5.02 Å². The van der Waals surface area contributed by atoms with Crippen molar-refractivity contribution < 1.29 is 22.7 Å². The van der Waals surface area contributed by atoms with Crippen molar-refractivity contribution in [2.45, 2.75) is 19.4 Å². The number of hydrogen-bond acceptors (Lipinski definition) is 5. The zero-order valence-corrected chi connectivity index (χ0v) is 13.5. The van der Waals surface area contributed by atoms with Gasteiger partial charge >= 0.3 is 0 Å². The summed E-state index contributed by atoms with van der Waals surface area (Å²) in [6.45, 7) is 1.08. The average molecular weight is 346 g/mol. The molecule has 120 valence electrons. The van der Waals surface area contributed by atoms with Crippen molar-refractivity contribution in [2.24, 2.45) is 0 Å². The number of halogens is 1. The van der Waals surface area contributed by atoms with Crippen LogP contribution in [0.5, 0.6) is 5.75 Å². The van der Waals surface area contributed by atoms with E-state index in [2.05, 4.69) is 5.32 Å². The van der Waals surface area contributed by atoms with Gasteiger partial charge in [-0.15, -0.1) is 0 Å². The van der Waals surface area contributed by atoms with E-state index >= 15 is 0 Å². The van der Waals surface area contributed by atoms with E-state index in [0.29, 0.717) is 17.0 Å². The molecule has 0 radical (unpaired) electrons. The third-order valence-corrected chi connectivity index (χ3v) is 5.28. The van der Waals surface area contributed by atoms with Gasteiger partial charge in [-0.1, -0.05) is 11.6 Å². The number of rotatable bonds is 5. The second kappa shape index (κ2) is 6.66. The Kier molecular flexibility index (Phi) is 5.08. The van der Waals surface area contributed by atoms with Crippen LogP contribution in [0.15, 0.2) is 18.2 Å². The van der Waals surface area contributed by atoms with Gasteiger partial charge in [0.1, 0.15) is 5.75 Å². The fourth-order valence-electron chi connectivity index (χ4n) is 2.22. The second-order valence-corrected chi connectivity index (χ2v) is 7.82. The average Bonchev–Trinajstić information content (AvgIpc) is 2.76. The van der Waals surface area contributed by atoms with Gasteiger partial charge in [-0.25, -0.2) is 8.42 Å². The van der Waals surface area contributed by atoms with E-state index in [0.717, 1.165) is 0 Å². The van der Waals surface area contributed by atoms with Gasteiger partial charge in [0.25, 0.3) is 5.91 Å². The molecule has 0 bridgehead atoms. The maximum Gasteiger partial charge on any atom is 0.258 e. The lowest BCUT2D eigenvalue weighted by Crippen LogP contribution is -2.38. The maximum absolute atomic E-state index is 11.8. The summed E-state index contributed by atoms with van der Waals surface area (Å²) in [6, 6.07) is 4.18. The molecule has 22 heavy (non-hydrogen) atoms. The molecule has 0 saturated carbocycles. The fourth-order valence-corrected chi connectivity index (χ4v) is 4.07. The van der Waals surface area contributed by atoms with Gasteiger partial charge in [-0.2, -0.15) is 0 Å². The van der Waals surface area contributed by atoms with Crippen LogP contribution < -0.4 is 10.1 Å². The molecule has 1 N–H and O–H groups in total. The Morgan fingerprint density at radius 2 is 2.14 bits per heavy atom. The summed E-state index contributed by atoms with van der Waals surface area (Å²) >= 11 is 5.82. The summed E-state index contributed by atoms with van der Waals surface area (Å²) in [5.41, 5.74) is 0.295. The monoisotopic (exact) mass is 345 g/mol. The first-order valence-electron chi connectivity index (χ1n) is 6.70. The lowest BCUT2D eigenvalue weighted by atomic mass is 10.1. The first-order valence-corrected chi connectivity index (χ1v) is 8.90. The number of amides is 1. The quantitative estimate of drug-likeness (QED) is 0.810. The van der Waals surface area contributed by atoms with Gasteiger partial charge < -0.3 is 10.1 Å². The van der Waals surface area contributed by atoms with Crippen LogP contribution >= 0.6 is 11.6 Å². The van der Waals surface area contributed by atoms with Gasteiger partial charge in [-0.3, -0.25) is 9.59 Å². The van der Waals surface area contributed by atoms with Gasteiger partial charge in [0, 0.05) is 11.1 Å². The summed E-state index contributed by atoms with van der Waals surface area (Å²) in [5.74, 6) is -0.333. The number of ether oxygens (including phenoxy) is 1. The molecule has 0 spiro atoms. The molecular weight excluding hydrogens is 330 g/mol. The molecule has 1 saturated heterocycles. The normalized spacial score (nSPS) is 19.6. The van der Waals surface area contributed by atoms with E-state index in [4.69, 9.17) is 16.3 Å². The molecule has 0 aromatic heterocycles. The predicted octanol–water partition coefficient (Wildman–Crippen LogP) is 1.22. The second-order valence-electron chi connectivity index (χ2n) is 5.15. The van der Waals surface area contributed by atoms with Crippen LogP contribution in [0.4, 0.5) is 0 Å². The highest BCUT2D eigenvalue weighted by Crippen LogP contribution is 2.23. The van der Waals surface area contributed by atoms with Crippen LogP contribution in [0.1, 0.15) is 23.7 Å². The summed E-state index contributed by atoms with van der Waals surface area (Å²) in [6.07, 6.45) is 0.410. The molecule has 1 aliphatic rings. The topological polar surface area (TPSA) is 89.5 Å². The summed E-state index contributed by atoms with van der Waals surface area (Å²) < 4.78 is 28.0. The lowest BCUT2D eigenvalue weighted by molar-refractivity contribution is -0.123. The SMILES string of the molecule is CC(=O)c1cc(Cl)ccc1OCC(=O)NC1CCS(=O)(=O)C1. The van der Waals surface area contributed by atoms with Crippen molar-refractivity contribution in [3.63, 3.8) is 0 Å². The number of carbonyl (C=O) groups excluding carboxylic acids is 2. The van der Waals surface area contributed by atoms with Crippen molar-refractivity contribution in [3.05, 3.63) is 28.8 Å². The van der Waals surface area contributed by atoms with Gasteiger partial charge in [0.2, 0.25) is 0 Å². The molecule has 1 aliphatic heterocycles. The third-order valence-electron chi connectivity index (χ3n) is 3.28. The summed E-state index contributed by atoms with van der Waals surface area (Å²) in [5, 5.41) is 3.01. The van der Waals surface area contributed by atoms with E-state index in [1.807, 2.05) is 0 Å². The molecule has 1 unspecified atom stereocenters. The van der Waals surface area contributed by atoms with Crippen molar-refractivity contribution in [1.29, 1.82) is 0 Å². The molecule has 6 nitrogen and oxygen atoms in total. The number of benzene rings is 1. The summed E-state index contributed by atoms with van der Waals surface area (Å²) in [4.78, 5) is 23.3. The van der Waals surface area contributed by atoms with Crippen molar-refractivity contribution in [3.8, 4) is 5.75 Å². The first kappa shape index (κ1) is 16.8. The molecule has 1 fully saturated rings. The number of sulfone groups is 1. The Balaban J connectivity index is 1.93. The molecule has 0 aliphatic carbocycles. The first-order chi connectivity index (χ1) is 10.3. The highest BCUT2D eigenvalue weighted by molar-refractivity contribution is 7.91. The molecule has 1 amide bonds. The van der Waals surface area contributed by atoms with Crippen LogP contribution in [-0.2, 0) is 14.6 Å². The molecule has 1 atom stereocenters. The maximum atomic E-state index is 11.8. The number of carbonyl (C=O) groups is 2. The molecule has 1 aromatic carbocycles. The zero-order valence-electron chi connectivity index (χ0n) is 12.0. The van der Waals surface area contributed by atoms with E-state index < -0.39 is 15.7 Å². The Morgan fingerprint density at radius 1 is 1.41 bits per heavy atom. The fraction of sp³-hybridized carbons (Fsp3) is 0.429. The van der Waals surface area contributed by atoms with Crippen molar-refractivity contribution in [1.82, 2.24) is 5.32 Å². The molecule has 2 rings (SSSR count). The Morgan fingerprint density at radius 3 is 2.73 bits per heavy atom. The molecule has 1 aromatic rings. The van der Waals surface area contributed by atoms with Gasteiger partial charge in [0.05, 0.1) is 17.1 Å². The van der Waals surface area contributed by atoms with Crippen LogP contribution in [0.25, 0.3) is 0 Å². The minimum atomic E-state index is -3.05. The molecule has 8 heteroatoms. The standard InChI is InChI=1S/C14H16ClNO5S/c1-9(17)12-6-10(15)2-3-13(12)21-7-14(18)16-11-4-5-22(19,20)8-11/h2-3,6,11H,4-5,7-8H2,1H3,(H,16,18). The lowest BCUT2D eigenvalue weighted by Gasteiger charge is -2.13. The minimum absolute atomic E-state index is 0.0433. The van der Waals surface area contributed by atoms with E-state index in [1.54, 1.807) is 6.07 Å². The van der Waals surface area contributed by atoms with Crippen molar-refractivity contribution in [2.75, 3.05) is 18.1 Å². The zero-order chi connectivity index (χ0) is 16.3. The van der Waals surface area contributed by atoms with Gasteiger partial charge in [0.15, 0.2) is 22.2 Å². The van der Waals surface area contributed by atoms with Crippen LogP contribution in [-0.4, -0.2) is 44.3 Å². The number of nitrogens with one attached hydrogen (secondary N) is 1. The largest absolute Gasteiger partial charge is 0.483 e. The highest BCUT2D eigenvalue weighted by atomic mass is 35.5. The number of hydrogen-bond donors (Lipinski definition) is 1.